The van der Waals surface area contributed by atoms with Crippen LogP contribution in [0.1, 0.15) is 22.2 Å². The third-order valence-corrected chi connectivity index (χ3v) is 4.64. The number of benzene rings is 1. The number of rotatable bonds is 6. The van der Waals surface area contributed by atoms with Crippen molar-refractivity contribution in [3.63, 3.8) is 0 Å². The minimum Gasteiger partial charge on any atom is -0.494 e. The van der Waals surface area contributed by atoms with Crippen LogP contribution in [0.4, 0.5) is 0 Å². The van der Waals surface area contributed by atoms with Crippen LogP contribution in [0.15, 0.2) is 60.9 Å². The SMILES string of the molecule is CCOc1ccccc1CNC(=O)c1ccc(-c2ccncc2)s1. The summed E-state index contributed by atoms with van der Waals surface area (Å²) in [5.74, 6) is 0.732. The molecule has 0 fully saturated rings. The first-order valence-corrected chi connectivity index (χ1v) is 8.58. The maximum absolute atomic E-state index is 12.4. The van der Waals surface area contributed by atoms with E-state index in [1.165, 1.54) is 11.3 Å². The molecule has 0 aliphatic rings. The molecule has 2 aromatic heterocycles. The largest absolute Gasteiger partial charge is 0.494 e. The van der Waals surface area contributed by atoms with Crippen molar-refractivity contribution < 1.29 is 9.53 Å². The number of thiophene rings is 1. The quantitative estimate of drug-likeness (QED) is 0.735. The Morgan fingerprint density at radius 3 is 2.71 bits per heavy atom. The molecule has 0 radical (unpaired) electrons. The van der Waals surface area contributed by atoms with Gasteiger partial charge in [0.15, 0.2) is 0 Å². The van der Waals surface area contributed by atoms with Crippen molar-refractivity contribution in [1.82, 2.24) is 10.3 Å². The third-order valence-electron chi connectivity index (χ3n) is 3.51. The third kappa shape index (κ3) is 3.81. The van der Waals surface area contributed by atoms with Crippen LogP contribution in [0.25, 0.3) is 10.4 Å². The molecule has 0 aliphatic heterocycles. The summed E-state index contributed by atoms with van der Waals surface area (Å²) in [6.45, 7) is 2.99. The standard InChI is InChI=1S/C19H18N2O2S/c1-2-23-16-6-4-3-5-15(16)13-21-19(22)18-8-7-17(24-18)14-9-11-20-12-10-14/h3-12H,2,13H2,1H3,(H,21,22). The zero-order valence-corrected chi connectivity index (χ0v) is 14.2. The van der Waals surface area contributed by atoms with Crippen LogP contribution in [-0.4, -0.2) is 17.5 Å². The predicted molar refractivity (Wildman–Crippen MR) is 96.3 cm³/mol. The lowest BCUT2D eigenvalue weighted by Crippen LogP contribution is -2.22. The van der Waals surface area contributed by atoms with Gasteiger partial charge in [-0.15, -0.1) is 11.3 Å². The maximum atomic E-state index is 12.4. The average Bonchev–Trinajstić information content (AvgIpc) is 3.12. The fourth-order valence-electron chi connectivity index (χ4n) is 2.34. The molecule has 24 heavy (non-hydrogen) atoms. The first kappa shape index (κ1) is 16.2. The Morgan fingerprint density at radius 1 is 1.12 bits per heavy atom. The van der Waals surface area contributed by atoms with Gasteiger partial charge >= 0.3 is 0 Å². The Morgan fingerprint density at radius 2 is 1.92 bits per heavy atom. The lowest BCUT2D eigenvalue weighted by atomic mass is 10.2. The lowest BCUT2D eigenvalue weighted by molar-refractivity contribution is 0.0954. The number of nitrogens with zero attached hydrogens (tertiary/aromatic N) is 1. The molecule has 0 spiro atoms. The van der Waals surface area contributed by atoms with E-state index in [2.05, 4.69) is 10.3 Å². The van der Waals surface area contributed by atoms with Gasteiger partial charge in [-0.05, 0) is 42.8 Å². The van der Waals surface area contributed by atoms with E-state index in [1.54, 1.807) is 12.4 Å². The highest BCUT2D eigenvalue weighted by atomic mass is 32.1. The molecule has 0 saturated carbocycles. The van der Waals surface area contributed by atoms with Crippen LogP contribution in [0, 0.1) is 0 Å². The van der Waals surface area contributed by atoms with Crippen molar-refractivity contribution in [2.45, 2.75) is 13.5 Å². The number of nitrogens with one attached hydrogen (secondary N) is 1. The van der Waals surface area contributed by atoms with E-state index in [4.69, 9.17) is 4.74 Å². The molecule has 1 N–H and O–H groups in total. The number of pyridine rings is 1. The molecule has 5 heteroatoms. The summed E-state index contributed by atoms with van der Waals surface area (Å²) in [7, 11) is 0. The van der Waals surface area contributed by atoms with Crippen molar-refractivity contribution in [1.29, 1.82) is 0 Å². The van der Waals surface area contributed by atoms with E-state index in [0.717, 1.165) is 21.8 Å². The van der Waals surface area contributed by atoms with Crippen molar-refractivity contribution in [3.8, 4) is 16.2 Å². The normalized spacial score (nSPS) is 10.4. The summed E-state index contributed by atoms with van der Waals surface area (Å²) in [6.07, 6.45) is 3.50. The summed E-state index contributed by atoms with van der Waals surface area (Å²) in [5, 5.41) is 2.96. The fourth-order valence-corrected chi connectivity index (χ4v) is 3.27. The molecule has 0 bridgehead atoms. The zero-order chi connectivity index (χ0) is 16.8. The van der Waals surface area contributed by atoms with Crippen molar-refractivity contribution in [2.24, 2.45) is 0 Å². The van der Waals surface area contributed by atoms with Crippen molar-refractivity contribution in [3.05, 3.63) is 71.4 Å². The van der Waals surface area contributed by atoms with Gasteiger partial charge in [0, 0.05) is 29.4 Å². The number of hydrogen-bond donors (Lipinski definition) is 1. The van der Waals surface area contributed by atoms with Gasteiger partial charge in [0.1, 0.15) is 5.75 Å². The van der Waals surface area contributed by atoms with Gasteiger partial charge in [0.25, 0.3) is 5.91 Å². The van der Waals surface area contributed by atoms with E-state index < -0.39 is 0 Å². The molecule has 4 nitrogen and oxygen atoms in total. The van der Waals surface area contributed by atoms with Crippen LogP contribution in [0.5, 0.6) is 5.75 Å². The summed E-state index contributed by atoms with van der Waals surface area (Å²) >= 11 is 1.47. The zero-order valence-electron chi connectivity index (χ0n) is 13.4. The Bertz CT molecular complexity index is 815. The summed E-state index contributed by atoms with van der Waals surface area (Å²) in [5.41, 5.74) is 2.04. The Kier molecular flexibility index (Phi) is 5.23. The summed E-state index contributed by atoms with van der Waals surface area (Å²) in [4.78, 5) is 18.1. The highest BCUT2D eigenvalue weighted by Crippen LogP contribution is 2.27. The molecule has 0 aliphatic carbocycles. The fraction of sp³-hybridized carbons (Fsp3) is 0.158. The van der Waals surface area contributed by atoms with Gasteiger partial charge in [0.2, 0.25) is 0 Å². The van der Waals surface area contributed by atoms with Crippen LogP contribution in [-0.2, 0) is 6.54 Å². The Hall–Kier alpha value is -2.66. The van der Waals surface area contributed by atoms with Gasteiger partial charge in [0.05, 0.1) is 11.5 Å². The number of aromatic nitrogens is 1. The molecule has 122 valence electrons. The second kappa shape index (κ2) is 7.75. The molecule has 3 rings (SSSR count). The molecule has 3 aromatic rings. The number of carbonyl (C=O) groups is 1. The smallest absolute Gasteiger partial charge is 0.261 e. The van der Waals surface area contributed by atoms with Gasteiger partial charge in [-0.3, -0.25) is 9.78 Å². The van der Waals surface area contributed by atoms with Gasteiger partial charge in [-0.1, -0.05) is 18.2 Å². The number of para-hydroxylation sites is 1. The maximum Gasteiger partial charge on any atom is 0.261 e. The molecule has 0 unspecified atom stereocenters. The van der Waals surface area contributed by atoms with Crippen LogP contribution < -0.4 is 10.1 Å². The minimum atomic E-state index is -0.0772. The number of hydrogen-bond acceptors (Lipinski definition) is 4. The number of ether oxygens (including phenoxy) is 1. The van der Waals surface area contributed by atoms with Crippen LogP contribution in [0.2, 0.25) is 0 Å². The monoisotopic (exact) mass is 338 g/mol. The number of amides is 1. The van der Waals surface area contributed by atoms with E-state index >= 15 is 0 Å². The van der Waals surface area contributed by atoms with Crippen LogP contribution in [0.3, 0.4) is 0 Å². The molecule has 1 amide bonds. The van der Waals surface area contributed by atoms with E-state index in [0.29, 0.717) is 18.0 Å². The number of carbonyl (C=O) groups excluding carboxylic acids is 1. The lowest BCUT2D eigenvalue weighted by Gasteiger charge is -2.10. The van der Waals surface area contributed by atoms with E-state index in [9.17, 15) is 4.79 Å². The first-order valence-electron chi connectivity index (χ1n) is 7.77. The van der Waals surface area contributed by atoms with E-state index in [1.807, 2.05) is 55.5 Å². The Balaban J connectivity index is 1.67. The molecular weight excluding hydrogens is 320 g/mol. The van der Waals surface area contributed by atoms with Gasteiger partial charge in [-0.25, -0.2) is 0 Å². The Labute approximate surface area is 145 Å². The molecule has 0 saturated heterocycles. The molecule has 0 atom stereocenters. The first-order chi connectivity index (χ1) is 11.8. The topological polar surface area (TPSA) is 51.2 Å². The summed E-state index contributed by atoms with van der Waals surface area (Å²) < 4.78 is 5.58. The highest BCUT2D eigenvalue weighted by Gasteiger charge is 2.11. The predicted octanol–water partition coefficient (Wildman–Crippen LogP) is 4.14. The average molecular weight is 338 g/mol. The van der Waals surface area contributed by atoms with Gasteiger partial charge < -0.3 is 10.1 Å². The van der Waals surface area contributed by atoms with E-state index in [-0.39, 0.29) is 5.91 Å². The van der Waals surface area contributed by atoms with Gasteiger partial charge in [-0.2, -0.15) is 0 Å². The second-order valence-electron chi connectivity index (χ2n) is 5.12. The highest BCUT2D eigenvalue weighted by molar-refractivity contribution is 7.17. The molecule has 1 aromatic carbocycles. The molecular formula is C19H18N2O2S. The van der Waals surface area contributed by atoms with Crippen molar-refractivity contribution >= 4 is 17.2 Å². The molecule has 2 heterocycles. The van der Waals surface area contributed by atoms with Crippen LogP contribution >= 0.6 is 11.3 Å². The van der Waals surface area contributed by atoms with Crippen molar-refractivity contribution in [2.75, 3.05) is 6.61 Å². The second-order valence-corrected chi connectivity index (χ2v) is 6.21. The summed E-state index contributed by atoms with van der Waals surface area (Å²) in [6, 6.07) is 15.4. The minimum absolute atomic E-state index is 0.0772.